The molecule has 3 N–H and O–H groups in total. The minimum Gasteiger partial charge on any atom is -0.497 e. The number of nitriles is 1. The second-order valence-electron chi connectivity index (χ2n) is 9.28. The first-order valence-electron chi connectivity index (χ1n) is 10.8. The van der Waals surface area contributed by atoms with Crippen LogP contribution in [0.4, 0.5) is 0 Å². The van der Waals surface area contributed by atoms with Gasteiger partial charge >= 0.3 is 0 Å². The SMILES string of the molecule is COc1cc(C#N)cc(-c2ccc3c(c2)C2(COC(N)=N2)[C@@]2(CC[C@@H](O)[C@H](C)C2)C3)c1. The predicted molar refractivity (Wildman–Crippen MR) is 118 cm³/mol. The average Bonchev–Trinajstić information content (AvgIpc) is 3.29. The van der Waals surface area contributed by atoms with E-state index in [1.54, 1.807) is 13.2 Å². The number of aliphatic imine (C=N–C) groups is 1. The second-order valence-corrected chi connectivity index (χ2v) is 9.28. The summed E-state index contributed by atoms with van der Waals surface area (Å²) in [6.45, 7) is 2.55. The number of hydrogen-bond acceptors (Lipinski definition) is 6. The molecule has 1 unspecified atom stereocenters. The minimum absolute atomic E-state index is 0.111. The molecule has 1 saturated carbocycles. The highest BCUT2D eigenvalue weighted by atomic mass is 16.5. The van der Waals surface area contributed by atoms with E-state index in [1.807, 2.05) is 12.1 Å². The third kappa shape index (κ3) is 2.91. The van der Waals surface area contributed by atoms with Crippen LogP contribution in [0.3, 0.4) is 0 Å². The van der Waals surface area contributed by atoms with Crippen LogP contribution < -0.4 is 10.5 Å². The van der Waals surface area contributed by atoms with Crippen LogP contribution in [0, 0.1) is 22.7 Å². The van der Waals surface area contributed by atoms with Gasteiger partial charge in [-0.15, -0.1) is 0 Å². The van der Waals surface area contributed by atoms with Crippen LogP contribution in [-0.4, -0.2) is 30.9 Å². The van der Waals surface area contributed by atoms with Gasteiger partial charge in [0.2, 0.25) is 0 Å². The van der Waals surface area contributed by atoms with E-state index in [-0.39, 0.29) is 23.5 Å². The van der Waals surface area contributed by atoms with E-state index in [0.29, 0.717) is 17.9 Å². The Morgan fingerprint density at radius 3 is 2.77 bits per heavy atom. The van der Waals surface area contributed by atoms with Crippen LogP contribution >= 0.6 is 0 Å². The van der Waals surface area contributed by atoms with Crippen molar-refractivity contribution in [1.82, 2.24) is 0 Å². The van der Waals surface area contributed by atoms with E-state index >= 15 is 0 Å². The number of hydrogen-bond donors (Lipinski definition) is 2. The Morgan fingerprint density at radius 2 is 2.10 bits per heavy atom. The summed E-state index contributed by atoms with van der Waals surface area (Å²) in [6, 6.07) is 14.5. The lowest BCUT2D eigenvalue weighted by Gasteiger charge is -2.47. The molecule has 31 heavy (non-hydrogen) atoms. The van der Waals surface area contributed by atoms with Crippen LogP contribution in [-0.2, 0) is 16.7 Å². The highest BCUT2D eigenvalue weighted by Gasteiger charge is 2.62. The lowest BCUT2D eigenvalue weighted by molar-refractivity contribution is -0.0253. The summed E-state index contributed by atoms with van der Waals surface area (Å²) in [7, 11) is 1.60. The molecular formula is C25H27N3O3. The van der Waals surface area contributed by atoms with E-state index in [4.69, 9.17) is 20.2 Å². The molecule has 0 amide bonds. The van der Waals surface area contributed by atoms with Gasteiger partial charge in [0, 0.05) is 5.41 Å². The van der Waals surface area contributed by atoms with Crippen LogP contribution in [0.15, 0.2) is 41.4 Å². The fourth-order valence-corrected chi connectivity index (χ4v) is 5.98. The Bertz CT molecular complexity index is 1120. The maximum atomic E-state index is 10.4. The molecule has 160 valence electrons. The van der Waals surface area contributed by atoms with Crippen molar-refractivity contribution in [3.63, 3.8) is 0 Å². The molecule has 5 rings (SSSR count). The molecule has 2 aromatic rings. The van der Waals surface area contributed by atoms with Gasteiger partial charge in [-0.05, 0) is 78.1 Å². The van der Waals surface area contributed by atoms with Gasteiger partial charge in [0.05, 0.1) is 24.8 Å². The van der Waals surface area contributed by atoms with Gasteiger partial charge in [0.1, 0.15) is 17.9 Å². The molecule has 6 heteroatoms. The van der Waals surface area contributed by atoms with E-state index in [9.17, 15) is 10.4 Å². The van der Waals surface area contributed by atoms with E-state index < -0.39 is 5.54 Å². The maximum Gasteiger partial charge on any atom is 0.283 e. The maximum absolute atomic E-state index is 10.4. The third-order valence-corrected chi connectivity index (χ3v) is 7.58. The number of aliphatic hydroxyl groups excluding tert-OH is 1. The highest BCUT2D eigenvalue weighted by molar-refractivity contribution is 5.76. The van der Waals surface area contributed by atoms with Crippen molar-refractivity contribution < 1.29 is 14.6 Å². The predicted octanol–water partition coefficient (Wildman–Crippen LogP) is 3.50. The lowest BCUT2D eigenvalue weighted by Crippen LogP contribution is -2.48. The van der Waals surface area contributed by atoms with Crippen LogP contribution in [0.1, 0.15) is 42.9 Å². The molecule has 2 aliphatic carbocycles. The van der Waals surface area contributed by atoms with Crippen molar-refractivity contribution in [2.75, 3.05) is 13.7 Å². The van der Waals surface area contributed by atoms with Crippen molar-refractivity contribution in [3.05, 3.63) is 53.1 Å². The first-order valence-corrected chi connectivity index (χ1v) is 10.8. The number of methoxy groups -OCH3 is 1. The molecular weight excluding hydrogens is 390 g/mol. The summed E-state index contributed by atoms with van der Waals surface area (Å²) in [5.74, 6) is 0.857. The third-order valence-electron chi connectivity index (χ3n) is 7.58. The number of nitrogens with two attached hydrogens (primary N) is 1. The summed E-state index contributed by atoms with van der Waals surface area (Å²) >= 11 is 0. The van der Waals surface area contributed by atoms with Crippen LogP contribution in [0.25, 0.3) is 11.1 Å². The fraction of sp³-hybridized carbons (Fsp3) is 0.440. The number of ether oxygens (including phenoxy) is 2. The second kappa shape index (κ2) is 7.00. The summed E-state index contributed by atoms with van der Waals surface area (Å²) in [5.41, 5.74) is 10.3. The Balaban J connectivity index is 1.64. The first-order chi connectivity index (χ1) is 14.9. The zero-order valence-electron chi connectivity index (χ0n) is 17.9. The van der Waals surface area contributed by atoms with Crippen molar-refractivity contribution in [2.45, 2.75) is 44.2 Å². The number of benzene rings is 2. The molecule has 6 nitrogen and oxygen atoms in total. The van der Waals surface area contributed by atoms with Gasteiger partial charge in [-0.1, -0.05) is 19.1 Å². The van der Waals surface area contributed by atoms with Crippen molar-refractivity contribution in [2.24, 2.45) is 22.1 Å². The van der Waals surface area contributed by atoms with Crippen molar-refractivity contribution >= 4 is 6.02 Å². The van der Waals surface area contributed by atoms with Crippen molar-refractivity contribution in [3.8, 4) is 22.9 Å². The number of fused-ring (bicyclic) bond motifs is 3. The van der Waals surface area contributed by atoms with Gasteiger partial charge < -0.3 is 20.3 Å². The molecule has 1 fully saturated rings. The summed E-state index contributed by atoms with van der Waals surface area (Å²) in [6.07, 6.45) is 3.17. The highest BCUT2D eigenvalue weighted by Crippen LogP contribution is 2.62. The molecule has 0 aromatic heterocycles. The zero-order chi connectivity index (χ0) is 21.8. The quantitative estimate of drug-likeness (QED) is 0.779. The van der Waals surface area contributed by atoms with Crippen molar-refractivity contribution in [1.29, 1.82) is 5.26 Å². The lowest BCUT2D eigenvalue weighted by atomic mass is 9.59. The number of amidine groups is 1. The Hall–Kier alpha value is -3.04. The van der Waals surface area contributed by atoms with Gasteiger partial charge in [0.15, 0.2) is 0 Å². The van der Waals surface area contributed by atoms with E-state index in [1.165, 1.54) is 5.56 Å². The van der Waals surface area contributed by atoms with Gasteiger partial charge in [-0.25, -0.2) is 4.99 Å². The Kier molecular flexibility index (Phi) is 4.49. The molecule has 1 aliphatic heterocycles. The monoisotopic (exact) mass is 417 g/mol. The summed E-state index contributed by atoms with van der Waals surface area (Å²) in [4.78, 5) is 4.91. The van der Waals surface area contributed by atoms with Gasteiger partial charge in [0.25, 0.3) is 6.02 Å². The van der Waals surface area contributed by atoms with E-state index in [0.717, 1.165) is 42.4 Å². The smallest absolute Gasteiger partial charge is 0.283 e. The number of aliphatic hydroxyl groups is 1. The standard InChI is InChI=1S/C25H27N3O3/c1-15-11-24(6-5-22(15)29)12-18-4-3-17(10-21(18)25(24)14-31-23(27)28-25)19-7-16(13-26)8-20(9-19)30-2/h3-4,7-10,15,22,29H,5-6,11-12,14H2,1-2H3,(H2,27,28)/t15-,22-,24-,25?/m1/s1. The molecule has 2 aromatic carbocycles. The molecule has 0 radical (unpaired) electrons. The largest absolute Gasteiger partial charge is 0.497 e. The zero-order valence-corrected chi connectivity index (χ0v) is 17.9. The fourth-order valence-electron chi connectivity index (χ4n) is 5.98. The molecule has 0 bridgehead atoms. The van der Waals surface area contributed by atoms with Gasteiger partial charge in [-0.2, -0.15) is 5.26 Å². The van der Waals surface area contributed by atoms with Crippen LogP contribution in [0.2, 0.25) is 0 Å². The number of nitrogens with zero attached hydrogens (tertiary/aromatic N) is 2. The average molecular weight is 418 g/mol. The minimum atomic E-state index is -0.534. The molecule has 0 saturated heterocycles. The topological polar surface area (TPSA) is 101 Å². The van der Waals surface area contributed by atoms with E-state index in [2.05, 4.69) is 31.2 Å². The number of rotatable bonds is 2. The molecule has 4 atom stereocenters. The first kappa shape index (κ1) is 19.9. The normalized spacial score (nSPS) is 31.2. The molecule has 2 spiro atoms. The molecule has 1 heterocycles. The summed E-state index contributed by atoms with van der Waals surface area (Å²) < 4.78 is 11.2. The molecule has 3 aliphatic rings. The van der Waals surface area contributed by atoms with Gasteiger partial charge in [-0.3, -0.25) is 0 Å². The Morgan fingerprint density at radius 1 is 1.26 bits per heavy atom. The van der Waals surface area contributed by atoms with Crippen LogP contribution in [0.5, 0.6) is 5.75 Å². The Labute approximate surface area is 182 Å². The summed E-state index contributed by atoms with van der Waals surface area (Å²) in [5, 5.41) is 19.8.